The number of amides is 1. The van der Waals surface area contributed by atoms with E-state index in [1.54, 1.807) is 0 Å². The molecule has 27 heavy (non-hydrogen) atoms. The van der Waals surface area contributed by atoms with Gasteiger partial charge < -0.3 is 10.6 Å². The third-order valence-electron chi connectivity index (χ3n) is 6.98. The number of hydrogen-bond acceptors (Lipinski definition) is 2. The molecule has 2 aromatic carbocycles. The summed E-state index contributed by atoms with van der Waals surface area (Å²) in [4.78, 5) is 14.7. The Morgan fingerprint density at radius 2 is 1.89 bits per heavy atom. The maximum absolute atomic E-state index is 12.6. The van der Waals surface area contributed by atoms with E-state index in [1.165, 1.54) is 34.2 Å². The molecule has 1 saturated heterocycles. The number of carbonyl (C=O) groups excluding carboxylic acids is 1. The Morgan fingerprint density at radius 3 is 2.78 bits per heavy atom. The van der Waals surface area contributed by atoms with Crippen molar-refractivity contribution in [2.75, 3.05) is 13.1 Å². The van der Waals surface area contributed by atoms with E-state index in [4.69, 9.17) is 5.73 Å². The van der Waals surface area contributed by atoms with Crippen molar-refractivity contribution in [2.24, 2.45) is 17.6 Å². The average molecular weight is 361 g/mol. The highest BCUT2D eigenvalue weighted by molar-refractivity contribution is 5.77. The van der Waals surface area contributed by atoms with E-state index in [9.17, 15) is 4.79 Å². The molecule has 0 bridgehead atoms. The molecule has 2 N–H and O–H groups in total. The number of fused-ring (bicyclic) bond motifs is 4. The van der Waals surface area contributed by atoms with Gasteiger partial charge in [0, 0.05) is 25.6 Å². The molecule has 0 aromatic heterocycles. The molecule has 0 spiro atoms. The van der Waals surface area contributed by atoms with Gasteiger partial charge in [0.1, 0.15) is 0 Å². The number of carbonyl (C=O) groups is 1. The van der Waals surface area contributed by atoms with Crippen molar-refractivity contribution in [2.45, 2.75) is 44.6 Å². The number of nitrogens with two attached hydrogens (primary N) is 1. The topological polar surface area (TPSA) is 46.3 Å². The first-order chi connectivity index (χ1) is 13.2. The van der Waals surface area contributed by atoms with Gasteiger partial charge >= 0.3 is 0 Å². The van der Waals surface area contributed by atoms with Gasteiger partial charge in [-0.2, -0.15) is 0 Å². The molecule has 3 aliphatic rings. The maximum atomic E-state index is 12.6. The van der Waals surface area contributed by atoms with Crippen LogP contribution >= 0.6 is 0 Å². The number of hydrogen-bond donors (Lipinski definition) is 1. The Hall–Kier alpha value is -2.13. The smallest absolute Gasteiger partial charge is 0.222 e. The molecule has 3 heteroatoms. The molecule has 5 rings (SSSR count). The Labute approximate surface area is 161 Å². The van der Waals surface area contributed by atoms with E-state index in [0.29, 0.717) is 30.2 Å². The molecule has 1 amide bonds. The van der Waals surface area contributed by atoms with Crippen LogP contribution in [0.1, 0.15) is 42.4 Å². The van der Waals surface area contributed by atoms with Crippen molar-refractivity contribution in [1.82, 2.24) is 4.90 Å². The normalized spacial score (nSPS) is 25.4. The van der Waals surface area contributed by atoms with Gasteiger partial charge in [0.25, 0.3) is 0 Å². The van der Waals surface area contributed by atoms with Crippen molar-refractivity contribution >= 4 is 5.91 Å². The van der Waals surface area contributed by atoms with Gasteiger partial charge in [-0.05, 0) is 71.8 Å². The summed E-state index contributed by atoms with van der Waals surface area (Å²) in [7, 11) is 0. The lowest BCUT2D eigenvalue weighted by Crippen LogP contribution is -2.33. The molecule has 1 heterocycles. The van der Waals surface area contributed by atoms with Crippen molar-refractivity contribution in [3.05, 3.63) is 59.2 Å². The minimum absolute atomic E-state index is 0.307. The monoisotopic (exact) mass is 360 g/mol. The van der Waals surface area contributed by atoms with Crippen LogP contribution in [-0.2, 0) is 17.6 Å². The first kappa shape index (κ1) is 17.0. The van der Waals surface area contributed by atoms with Crippen LogP contribution in [0.25, 0.3) is 11.1 Å². The molecule has 3 atom stereocenters. The molecular weight excluding hydrogens is 332 g/mol. The first-order valence-corrected chi connectivity index (χ1v) is 10.4. The van der Waals surface area contributed by atoms with Crippen LogP contribution in [0.5, 0.6) is 0 Å². The lowest BCUT2D eigenvalue weighted by Gasteiger charge is -2.18. The van der Waals surface area contributed by atoms with Crippen LogP contribution in [0, 0.1) is 11.8 Å². The zero-order valence-electron chi connectivity index (χ0n) is 15.9. The zero-order valence-corrected chi connectivity index (χ0v) is 15.9. The van der Waals surface area contributed by atoms with E-state index in [0.717, 1.165) is 38.8 Å². The number of nitrogens with zero attached hydrogens (tertiary/aromatic N) is 1. The van der Waals surface area contributed by atoms with Crippen LogP contribution in [0.3, 0.4) is 0 Å². The standard InChI is InChI=1S/C24H28N2O/c25-23-11-10-19-14-26(15-22(19)23)24(27)7-3-4-16-8-9-18-13-17-5-1-2-6-20(17)21(18)12-16/h1-2,5-6,8-9,12,19,22-23H,3-4,7,10-11,13-15,25H2. The van der Waals surface area contributed by atoms with E-state index in [1.807, 2.05) is 0 Å². The van der Waals surface area contributed by atoms with Crippen LogP contribution < -0.4 is 5.73 Å². The molecule has 2 aliphatic carbocycles. The molecule has 1 saturated carbocycles. The summed E-state index contributed by atoms with van der Waals surface area (Å²) < 4.78 is 0. The van der Waals surface area contributed by atoms with E-state index >= 15 is 0 Å². The van der Waals surface area contributed by atoms with Crippen LogP contribution in [0.15, 0.2) is 42.5 Å². The van der Waals surface area contributed by atoms with Gasteiger partial charge in [-0.3, -0.25) is 4.79 Å². The van der Waals surface area contributed by atoms with Crippen LogP contribution in [0.2, 0.25) is 0 Å². The molecule has 1 aliphatic heterocycles. The summed E-state index contributed by atoms with van der Waals surface area (Å²) >= 11 is 0. The Kier molecular flexibility index (Phi) is 4.28. The summed E-state index contributed by atoms with van der Waals surface area (Å²) in [6.45, 7) is 1.83. The average Bonchev–Trinajstić information content (AvgIpc) is 3.36. The number of rotatable bonds is 4. The fourth-order valence-electron chi connectivity index (χ4n) is 5.44. The van der Waals surface area contributed by atoms with Crippen molar-refractivity contribution in [3.8, 4) is 11.1 Å². The van der Waals surface area contributed by atoms with Crippen LogP contribution in [-0.4, -0.2) is 29.9 Å². The highest BCUT2D eigenvalue weighted by Crippen LogP contribution is 2.38. The number of benzene rings is 2. The molecule has 140 valence electrons. The highest BCUT2D eigenvalue weighted by atomic mass is 16.2. The molecule has 3 unspecified atom stereocenters. The van der Waals surface area contributed by atoms with Crippen molar-refractivity contribution in [1.29, 1.82) is 0 Å². The fraction of sp³-hybridized carbons (Fsp3) is 0.458. The highest BCUT2D eigenvalue weighted by Gasteiger charge is 2.42. The Morgan fingerprint density at radius 1 is 1.04 bits per heavy atom. The molecule has 2 fully saturated rings. The summed E-state index contributed by atoms with van der Waals surface area (Å²) in [5.41, 5.74) is 13.2. The van der Waals surface area contributed by atoms with E-state index < -0.39 is 0 Å². The minimum Gasteiger partial charge on any atom is -0.342 e. The SMILES string of the molecule is NC1CCC2CN(C(=O)CCCc3ccc4c(c3)-c3ccccc3C4)CC12. The lowest BCUT2D eigenvalue weighted by atomic mass is 9.98. The molecule has 0 radical (unpaired) electrons. The number of aryl methyl sites for hydroxylation is 1. The van der Waals surface area contributed by atoms with Gasteiger partial charge in [0.15, 0.2) is 0 Å². The van der Waals surface area contributed by atoms with E-state index in [2.05, 4.69) is 47.4 Å². The quantitative estimate of drug-likeness (QED) is 0.770. The Bertz CT molecular complexity index is 874. The van der Waals surface area contributed by atoms with Gasteiger partial charge in [-0.25, -0.2) is 0 Å². The summed E-state index contributed by atoms with van der Waals surface area (Å²) in [6, 6.07) is 15.9. The predicted octanol–water partition coefficient (Wildman–Crippen LogP) is 3.78. The lowest BCUT2D eigenvalue weighted by molar-refractivity contribution is -0.130. The zero-order chi connectivity index (χ0) is 18.4. The van der Waals surface area contributed by atoms with Crippen molar-refractivity contribution in [3.63, 3.8) is 0 Å². The summed E-state index contributed by atoms with van der Waals surface area (Å²) in [5, 5.41) is 0. The molecule has 3 nitrogen and oxygen atoms in total. The second kappa shape index (κ2) is 6.79. The van der Waals surface area contributed by atoms with Crippen molar-refractivity contribution < 1.29 is 4.79 Å². The van der Waals surface area contributed by atoms with Gasteiger partial charge in [0.05, 0.1) is 0 Å². The van der Waals surface area contributed by atoms with Gasteiger partial charge in [0.2, 0.25) is 5.91 Å². The number of likely N-dealkylation sites (tertiary alicyclic amines) is 1. The maximum Gasteiger partial charge on any atom is 0.222 e. The predicted molar refractivity (Wildman–Crippen MR) is 108 cm³/mol. The fourth-order valence-corrected chi connectivity index (χ4v) is 5.44. The second-order valence-corrected chi connectivity index (χ2v) is 8.64. The van der Waals surface area contributed by atoms with E-state index in [-0.39, 0.29) is 0 Å². The minimum atomic E-state index is 0.307. The first-order valence-electron chi connectivity index (χ1n) is 10.4. The van der Waals surface area contributed by atoms with Gasteiger partial charge in [-0.15, -0.1) is 0 Å². The third kappa shape index (κ3) is 3.08. The third-order valence-corrected chi connectivity index (χ3v) is 6.98. The second-order valence-electron chi connectivity index (χ2n) is 8.64. The van der Waals surface area contributed by atoms with Crippen LogP contribution in [0.4, 0.5) is 0 Å². The molecule has 2 aromatic rings. The van der Waals surface area contributed by atoms with Gasteiger partial charge in [-0.1, -0.05) is 42.5 Å². The molecular formula is C24H28N2O. The largest absolute Gasteiger partial charge is 0.342 e. The Balaban J connectivity index is 1.18. The summed E-state index contributed by atoms with van der Waals surface area (Å²) in [5.74, 6) is 1.52. The summed E-state index contributed by atoms with van der Waals surface area (Å²) in [6.07, 6.45) is 5.94.